The van der Waals surface area contributed by atoms with Gasteiger partial charge in [-0.2, -0.15) is 5.10 Å². The van der Waals surface area contributed by atoms with Gasteiger partial charge in [-0.05, 0) is 34.9 Å². The topological polar surface area (TPSA) is 67.9 Å². The molecule has 3 aromatic heterocycles. The van der Waals surface area contributed by atoms with E-state index < -0.39 is 0 Å². The summed E-state index contributed by atoms with van der Waals surface area (Å²) in [6.45, 7) is 4.48. The molecule has 0 amide bonds. The van der Waals surface area contributed by atoms with E-state index in [1.165, 1.54) is 0 Å². The van der Waals surface area contributed by atoms with Gasteiger partial charge in [-0.1, -0.05) is 43.0 Å². The van der Waals surface area contributed by atoms with Crippen molar-refractivity contribution in [2.45, 2.75) is 6.54 Å². The highest BCUT2D eigenvalue weighted by Gasteiger charge is 2.08. The molecule has 5 rings (SSSR count). The van der Waals surface area contributed by atoms with E-state index in [4.69, 9.17) is 10.2 Å². The molecule has 6 heteroatoms. The average molecular weight is 395 g/mol. The van der Waals surface area contributed by atoms with Gasteiger partial charge in [0.15, 0.2) is 0 Å². The summed E-state index contributed by atoms with van der Waals surface area (Å²) < 4.78 is 4.02. The third-order valence-corrected chi connectivity index (χ3v) is 5.47. The minimum absolute atomic E-state index is 0.478. The molecule has 2 N–H and O–H groups in total. The number of nitrogens with one attached hydrogen (secondary N) is 1. The standard InChI is InChI=1S/C24H21N5O/c1-16(27-30)18-5-3-17(4-6-18)15-29-10-9-20-11-22(13-25-24(20)29)19-7-8-21-14-26-28(2)23(21)12-19/h3-14,27,30H,1,15H2,2H3. The van der Waals surface area contributed by atoms with Gasteiger partial charge in [-0.15, -0.1) is 0 Å². The van der Waals surface area contributed by atoms with Gasteiger partial charge < -0.3 is 4.57 Å². The molecule has 30 heavy (non-hydrogen) atoms. The minimum Gasteiger partial charge on any atom is -0.328 e. The van der Waals surface area contributed by atoms with E-state index in [1.807, 2.05) is 48.4 Å². The van der Waals surface area contributed by atoms with E-state index in [0.29, 0.717) is 5.70 Å². The molecule has 0 atom stereocenters. The maximum Gasteiger partial charge on any atom is 0.140 e. The smallest absolute Gasteiger partial charge is 0.140 e. The van der Waals surface area contributed by atoms with E-state index in [2.05, 4.69) is 58.3 Å². The molecule has 0 aliphatic heterocycles. The number of fused-ring (bicyclic) bond motifs is 2. The highest BCUT2D eigenvalue weighted by molar-refractivity contribution is 5.87. The Morgan fingerprint density at radius 2 is 1.83 bits per heavy atom. The number of benzene rings is 2. The Hall–Kier alpha value is -3.90. The summed E-state index contributed by atoms with van der Waals surface area (Å²) in [4.78, 5) is 4.75. The van der Waals surface area contributed by atoms with Crippen LogP contribution in [0.5, 0.6) is 0 Å². The fraction of sp³-hybridized carbons (Fsp3) is 0.0833. The molecular weight excluding hydrogens is 374 g/mol. The summed E-state index contributed by atoms with van der Waals surface area (Å²) in [6.07, 6.45) is 5.87. The molecule has 148 valence electrons. The third kappa shape index (κ3) is 3.13. The third-order valence-electron chi connectivity index (χ3n) is 5.47. The van der Waals surface area contributed by atoms with Crippen LogP contribution in [0.3, 0.4) is 0 Å². The lowest BCUT2D eigenvalue weighted by Crippen LogP contribution is -2.04. The van der Waals surface area contributed by atoms with Gasteiger partial charge >= 0.3 is 0 Å². The SMILES string of the molecule is C=C(NO)c1ccc(Cn2ccc3cc(-c4ccc5cnn(C)c5c4)cnc32)cc1. The molecule has 2 aromatic carbocycles. The number of pyridine rings is 1. The van der Waals surface area contributed by atoms with Crippen molar-refractivity contribution in [3.63, 3.8) is 0 Å². The number of hydroxylamine groups is 1. The Morgan fingerprint density at radius 1 is 1.00 bits per heavy atom. The lowest BCUT2D eigenvalue weighted by molar-refractivity contribution is 0.225. The summed E-state index contributed by atoms with van der Waals surface area (Å²) in [7, 11) is 1.95. The molecular formula is C24H21N5O. The first-order chi connectivity index (χ1) is 14.6. The van der Waals surface area contributed by atoms with E-state index >= 15 is 0 Å². The molecule has 0 aliphatic rings. The second-order valence-corrected chi connectivity index (χ2v) is 7.41. The van der Waals surface area contributed by atoms with Crippen LogP contribution in [-0.2, 0) is 13.6 Å². The molecule has 0 radical (unpaired) electrons. The molecule has 0 aliphatic carbocycles. The molecule has 0 saturated heterocycles. The van der Waals surface area contributed by atoms with E-state index in [-0.39, 0.29) is 0 Å². The van der Waals surface area contributed by atoms with Crippen molar-refractivity contribution in [2.75, 3.05) is 0 Å². The van der Waals surface area contributed by atoms with Crippen LogP contribution in [0.4, 0.5) is 0 Å². The van der Waals surface area contributed by atoms with Crippen LogP contribution in [-0.4, -0.2) is 24.5 Å². The lowest BCUT2D eigenvalue weighted by Gasteiger charge is -2.08. The number of hydrogen-bond donors (Lipinski definition) is 2. The first-order valence-corrected chi connectivity index (χ1v) is 9.68. The van der Waals surface area contributed by atoms with Crippen molar-refractivity contribution in [1.29, 1.82) is 0 Å². The minimum atomic E-state index is 0.478. The maximum atomic E-state index is 8.98. The maximum absolute atomic E-state index is 8.98. The lowest BCUT2D eigenvalue weighted by atomic mass is 10.1. The quantitative estimate of drug-likeness (QED) is 0.427. The Labute approximate surface area is 173 Å². The van der Waals surface area contributed by atoms with Crippen LogP contribution in [0.2, 0.25) is 0 Å². The number of nitrogens with zero attached hydrogens (tertiary/aromatic N) is 4. The average Bonchev–Trinajstić information content (AvgIpc) is 3.36. The number of rotatable bonds is 5. The molecule has 0 fully saturated rings. The monoisotopic (exact) mass is 395 g/mol. The number of aromatic nitrogens is 4. The van der Waals surface area contributed by atoms with Crippen molar-refractivity contribution in [3.05, 3.63) is 90.9 Å². The highest BCUT2D eigenvalue weighted by atomic mass is 16.5. The Bertz CT molecular complexity index is 1380. The fourth-order valence-electron chi connectivity index (χ4n) is 3.76. The van der Waals surface area contributed by atoms with Crippen LogP contribution < -0.4 is 5.48 Å². The normalized spacial score (nSPS) is 11.3. The zero-order valence-corrected chi connectivity index (χ0v) is 16.6. The molecule has 0 spiro atoms. The van der Waals surface area contributed by atoms with Crippen molar-refractivity contribution >= 4 is 27.6 Å². The molecule has 6 nitrogen and oxygen atoms in total. The van der Waals surface area contributed by atoms with Crippen molar-refractivity contribution in [2.24, 2.45) is 7.05 Å². The Balaban J connectivity index is 1.44. The summed E-state index contributed by atoms with van der Waals surface area (Å²) in [5, 5.41) is 15.5. The largest absolute Gasteiger partial charge is 0.328 e. The van der Waals surface area contributed by atoms with Crippen LogP contribution in [0.25, 0.3) is 38.8 Å². The zero-order valence-electron chi connectivity index (χ0n) is 16.6. The van der Waals surface area contributed by atoms with E-state index in [9.17, 15) is 0 Å². The van der Waals surface area contributed by atoms with Crippen molar-refractivity contribution in [1.82, 2.24) is 24.8 Å². The van der Waals surface area contributed by atoms with Gasteiger partial charge in [0.1, 0.15) is 5.65 Å². The van der Waals surface area contributed by atoms with Gasteiger partial charge in [-0.3, -0.25) is 15.4 Å². The molecule has 0 saturated carbocycles. The fourth-order valence-corrected chi connectivity index (χ4v) is 3.76. The van der Waals surface area contributed by atoms with Gasteiger partial charge in [0.05, 0.1) is 17.4 Å². The Kier molecular flexibility index (Phi) is 4.34. The van der Waals surface area contributed by atoms with Crippen LogP contribution in [0.1, 0.15) is 11.1 Å². The van der Waals surface area contributed by atoms with Crippen LogP contribution >= 0.6 is 0 Å². The van der Waals surface area contributed by atoms with Crippen molar-refractivity contribution in [3.8, 4) is 11.1 Å². The van der Waals surface area contributed by atoms with E-state index in [0.717, 1.165) is 50.7 Å². The second kappa shape index (κ2) is 7.17. The van der Waals surface area contributed by atoms with Crippen LogP contribution in [0.15, 0.2) is 79.8 Å². The summed E-state index contributed by atoms with van der Waals surface area (Å²) >= 11 is 0. The molecule has 0 unspecified atom stereocenters. The number of hydrogen-bond acceptors (Lipinski definition) is 4. The highest BCUT2D eigenvalue weighted by Crippen LogP contribution is 2.27. The predicted octanol–water partition coefficient (Wildman–Crippen LogP) is 4.59. The predicted molar refractivity (Wildman–Crippen MR) is 119 cm³/mol. The number of aryl methyl sites for hydroxylation is 1. The summed E-state index contributed by atoms with van der Waals surface area (Å²) in [5.41, 5.74) is 8.83. The van der Waals surface area contributed by atoms with E-state index in [1.54, 1.807) is 0 Å². The summed E-state index contributed by atoms with van der Waals surface area (Å²) in [6, 6.07) is 18.6. The molecule has 5 aromatic rings. The van der Waals surface area contributed by atoms with Gasteiger partial charge in [0.2, 0.25) is 0 Å². The molecule has 0 bridgehead atoms. The first kappa shape index (κ1) is 18.1. The zero-order chi connectivity index (χ0) is 20.7. The first-order valence-electron chi connectivity index (χ1n) is 9.68. The summed E-state index contributed by atoms with van der Waals surface area (Å²) in [5.74, 6) is 0. The van der Waals surface area contributed by atoms with Gasteiger partial charge in [0.25, 0.3) is 0 Å². The second-order valence-electron chi connectivity index (χ2n) is 7.41. The van der Waals surface area contributed by atoms with Gasteiger partial charge in [-0.25, -0.2) is 4.98 Å². The van der Waals surface area contributed by atoms with Crippen LogP contribution in [0, 0.1) is 0 Å². The van der Waals surface area contributed by atoms with Crippen molar-refractivity contribution < 1.29 is 5.21 Å². The van der Waals surface area contributed by atoms with Gasteiger partial charge in [0, 0.05) is 42.3 Å². The molecule has 3 heterocycles. The Morgan fingerprint density at radius 3 is 2.63 bits per heavy atom.